The van der Waals surface area contributed by atoms with Crippen LogP contribution in [-0.4, -0.2) is 24.1 Å². The van der Waals surface area contributed by atoms with Gasteiger partial charge in [-0.25, -0.2) is 9.78 Å². The molecule has 0 radical (unpaired) electrons. The van der Waals surface area contributed by atoms with Gasteiger partial charge in [0.2, 0.25) is 0 Å². The van der Waals surface area contributed by atoms with Gasteiger partial charge in [0.1, 0.15) is 4.60 Å². The van der Waals surface area contributed by atoms with Crippen molar-refractivity contribution < 1.29 is 14.3 Å². The van der Waals surface area contributed by atoms with Crippen molar-refractivity contribution in [2.75, 3.05) is 17.7 Å². The van der Waals surface area contributed by atoms with E-state index in [0.29, 0.717) is 21.5 Å². The summed E-state index contributed by atoms with van der Waals surface area (Å²) in [5.41, 5.74) is 1.48. The van der Waals surface area contributed by atoms with E-state index >= 15 is 0 Å². The highest BCUT2D eigenvalue weighted by atomic mass is 79.9. The lowest BCUT2D eigenvalue weighted by Crippen LogP contribution is -2.14. The molecule has 2 N–H and O–H groups in total. The lowest BCUT2D eigenvalue weighted by Gasteiger charge is -2.08. The van der Waals surface area contributed by atoms with E-state index in [-0.39, 0.29) is 5.91 Å². The van der Waals surface area contributed by atoms with Crippen molar-refractivity contribution in [3.05, 3.63) is 52.8 Å². The van der Waals surface area contributed by atoms with Gasteiger partial charge >= 0.3 is 6.09 Å². The topological polar surface area (TPSA) is 80.3 Å². The van der Waals surface area contributed by atoms with Crippen LogP contribution >= 0.6 is 15.9 Å². The monoisotopic (exact) mass is 349 g/mol. The fourth-order valence-corrected chi connectivity index (χ4v) is 2.03. The Bertz CT molecular complexity index is 676. The first-order valence-corrected chi connectivity index (χ1v) is 6.76. The largest absolute Gasteiger partial charge is 0.453 e. The first kappa shape index (κ1) is 15.0. The standard InChI is InChI=1S/C14H12BrN3O3/c1-21-14(20)18-10-5-2-4-9(8-10)17-13(19)11-6-3-7-16-12(11)15/h2-8H,1H3,(H,17,19)(H,18,20). The predicted octanol–water partition coefficient (Wildman–Crippen LogP) is 3.27. The van der Waals surface area contributed by atoms with Gasteiger partial charge < -0.3 is 10.1 Å². The average molecular weight is 350 g/mol. The second-order valence-corrected chi connectivity index (χ2v) is 4.74. The second kappa shape index (κ2) is 6.85. The molecule has 21 heavy (non-hydrogen) atoms. The summed E-state index contributed by atoms with van der Waals surface area (Å²) in [4.78, 5) is 27.3. The number of carbonyl (C=O) groups is 2. The molecule has 1 aromatic heterocycles. The molecule has 108 valence electrons. The van der Waals surface area contributed by atoms with E-state index in [4.69, 9.17) is 0 Å². The van der Waals surface area contributed by atoms with Gasteiger partial charge in [-0.2, -0.15) is 0 Å². The van der Waals surface area contributed by atoms with Crippen LogP contribution in [0.25, 0.3) is 0 Å². The number of hydrogen-bond donors (Lipinski definition) is 2. The molecular formula is C14H12BrN3O3. The molecule has 2 amide bonds. The van der Waals surface area contributed by atoms with Crippen molar-refractivity contribution >= 4 is 39.3 Å². The Hall–Kier alpha value is -2.41. The summed E-state index contributed by atoms with van der Waals surface area (Å²) in [6, 6.07) is 10.1. The van der Waals surface area contributed by atoms with Crippen molar-refractivity contribution in [1.82, 2.24) is 4.98 Å². The third-order valence-corrected chi connectivity index (χ3v) is 3.19. The molecule has 0 saturated heterocycles. The average Bonchev–Trinajstić information content (AvgIpc) is 2.47. The maximum atomic E-state index is 12.1. The van der Waals surface area contributed by atoms with Crippen LogP contribution in [0.3, 0.4) is 0 Å². The molecule has 0 aliphatic carbocycles. The van der Waals surface area contributed by atoms with Crippen molar-refractivity contribution in [1.29, 1.82) is 0 Å². The molecule has 0 unspecified atom stereocenters. The number of aromatic nitrogens is 1. The van der Waals surface area contributed by atoms with Gasteiger partial charge in [0, 0.05) is 17.6 Å². The number of anilines is 2. The number of methoxy groups -OCH3 is 1. The van der Waals surface area contributed by atoms with Crippen LogP contribution in [-0.2, 0) is 4.74 Å². The maximum Gasteiger partial charge on any atom is 0.411 e. The van der Waals surface area contributed by atoms with Crippen LogP contribution in [0.5, 0.6) is 0 Å². The first-order chi connectivity index (χ1) is 10.1. The number of pyridine rings is 1. The Morgan fingerprint density at radius 2 is 1.86 bits per heavy atom. The Labute approximate surface area is 129 Å². The van der Waals surface area contributed by atoms with E-state index in [0.717, 1.165) is 0 Å². The highest BCUT2D eigenvalue weighted by Gasteiger charge is 2.11. The zero-order valence-electron chi connectivity index (χ0n) is 11.1. The molecule has 0 spiro atoms. The number of halogens is 1. The van der Waals surface area contributed by atoms with Gasteiger partial charge in [-0.05, 0) is 46.3 Å². The van der Waals surface area contributed by atoms with E-state index in [1.54, 1.807) is 42.6 Å². The summed E-state index contributed by atoms with van der Waals surface area (Å²) < 4.78 is 4.97. The summed E-state index contributed by atoms with van der Waals surface area (Å²) in [5, 5.41) is 5.25. The number of benzene rings is 1. The summed E-state index contributed by atoms with van der Waals surface area (Å²) >= 11 is 3.22. The molecule has 0 saturated carbocycles. The molecule has 2 aromatic rings. The van der Waals surface area contributed by atoms with E-state index in [1.165, 1.54) is 7.11 Å². The maximum absolute atomic E-state index is 12.1. The zero-order chi connectivity index (χ0) is 15.2. The fourth-order valence-electron chi connectivity index (χ4n) is 1.60. The minimum absolute atomic E-state index is 0.301. The number of ether oxygens (including phenoxy) is 1. The quantitative estimate of drug-likeness (QED) is 0.833. The molecule has 7 heteroatoms. The minimum atomic E-state index is -0.575. The Morgan fingerprint density at radius 1 is 1.14 bits per heavy atom. The number of nitrogens with zero attached hydrogens (tertiary/aromatic N) is 1. The molecule has 0 bridgehead atoms. The minimum Gasteiger partial charge on any atom is -0.453 e. The molecule has 2 rings (SSSR count). The van der Waals surface area contributed by atoms with E-state index in [1.807, 2.05) is 0 Å². The molecule has 1 aromatic carbocycles. The van der Waals surface area contributed by atoms with Gasteiger partial charge in [0.25, 0.3) is 5.91 Å². The molecule has 0 aliphatic rings. The molecule has 1 heterocycles. The first-order valence-electron chi connectivity index (χ1n) is 5.97. The normalized spacial score (nSPS) is 9.81. The van der Waals surface area contributed by atoms with Gasteiger partial charge in [-0.3, -0.25) is 10.1 Å². The predicted molar refractivity (Wildman–Crippen MR) is 82.4 cm³/mol. The van der Waals surface area contributed by atoms with Crippen LogP contribution in [0.1, 0.15) is 10.4 Å². The third kappa shape index (κ3) is 4.03. The van der Waals surface area contributed by atoms with Gasteiger partial charge in [-0.1, -0.05) is 6.07 Å². The van der Waals surface area contributed by atoms with Gasteiger partial charge in [-0.15, -0.1) is 0 Å². The lowest BCUT2D eigenvalue weighted by atomic mass is 10.2. The van der Waals surface area contributed by atoms with Gasteiger partial charge in [0.15, 0.2) is 0 Å². The highest BCUT2D eigenvalue weighted by molar-refractivity contribution is 9.10. The molecule has 0 fully saturated rings. The lowest BCUT2D eigenvalue weighted by molar-refractivity contribution is 0.102. The summed E-state index contributed by atoms with van der Waals surface area (Å²) in [5.74, 6) is -0.301. The Balaban J connectivity index is 2.13. The Morgan fingerprint density at radius 3 is 2.52 bits per heavy atom. The summed E-state index contributed by atoms with van der Waals surface area (Å²) in [7, 11) is 1.28. The van der Waals surface area contributed by atoms with Gasteiger partial charge in [0.05, 0.1) is 12.7 Å². The molecule has 6 nitrogen and oxygen atoms in total. The van der Waals surface area contributed by atoms with Crippen LogP contribution in [0.2, 0.25) is 0 Å². The molecular weight excluding hydrogens is 338 g/mol. The van der Waals surface area contributed by atoms with E-state index in [2.05, 4.69) is 36.3 Å². The number of rotatable bonds is 3. The van der Waals surface area contributed by atoms with Crippen LogP contribution in [0.15, 0.2) is 47.2 Å². The fraction of sp³-hybridized carbons (Fsp3) is 0.0714. The van der Waals surface area contributed by atoms with Crippen molar-refractivity contribution in [3.63, 3.8) is 0 Å². The summed E-state index contributed by atoms with van der Waals surface area (Å²) in [6.07, 6.45) is 1.01. The van der Waals surface area contributed by atoms with Crippen molar-refractivity contribution in [2.45, 2.75) is 0 Å². The zero-order valence-corrected chi connectivity index (χ0v) is 12.7. The Kier molecular flexibility index (Phi) is 4.89. The second-order valence-electron chi connectivity index (χ2n) is 3.99. The molecule has 0 atom stereocenters. The highest BCUT2D eigenvalue weighted by Crippen LogP contribution is 2.18. The van der Waals surface area contributed by atoms with E-state index < -0.39 is 6.09 Å². The van der Waals surface area contributed by atoms with Crippen LogP contribution in [0.4, 0.5) is 16.2 Å². The number of nitrogens with one attached hydrogen (secondary N) is 2. The smallest absolute Gasteiger partial charge is 0.411 e. The van der Waals surface area contributed by atoms with Crippen LogP contribution < -0.4 is 10.6 Å². The number of amides is 2. The van der Waals surface area contributed by atoms with E-state index in [9.17, 15) is 9.59 Å². The molecule has 0 aliphatic heterocycles. The number of hydrogen-bond acceptors (Lipinski definition) is 4. The third-order valence-electron chi connectivity index (χ3n) is 2.56. The summed E-state index contributed by atoms with van der Waals surface area (Å²) in [6.45, 7) is 0. The van der Waals surface area contributed by atoms with Crippen molar-refractivity contribution in [2.24, 2.45) is 0 Å². The van der Waals surface area contributed by atoms with Crippen molar-refractivity contribution in [3.8, 4) is 0 Å². The number of carbonyl (C=O) groups excluding carboxylic acids is 2. The SMILES string of the molecule is COC(=O)Nc1cccc(NC(=O)c2cccnc2Br)c1. The van der Waals surface area contributed by atoms with Crippen LogP contribution in [0, 0.1) is 0 Å².